The summed E-state index contributed by atoms with van der Waals surface area (Å²) in [5.41, 5.74) is 10.3. The second kappa shape index (κ2) is 4.55. The topological polar surface area (TPSA) is 57.0 Å². The van der Waals surface area contributed by atoms with Crippen LogP contribution in [0.3, 0.4) is 0 Å². The van der Waals surface area contributed by atoms with Crippen molar-refractivity contribution in [2.75, 3.05) is 0 Å². The monoisotopic (exact) mass is 255 g/mol. The largest absolute Gasteiger partial charge is 0.361 e. The lowest BCUT2D eigenvalue weighted by atomic mass is 10.1. The average molecular weight is 255 g/mol. The lowest BCUT2D eigenvalue weighted by molar-refractivity contribution is 0.392. The highest BCUT2D eigenvalue weighted by atomic mass is 16.5. The predicted molar refractivity (Wildman–Crippen MR) is 74.9 cm³/mol. The summed E-state index contributed by atoms with van der Waals surface area (Å²) in [6, 6.07) is 8.35. The van der Waals surface area contributed by atoms with Gasteiger partial charge < -0.3 is 14.8 Å². The van der Waals surface area contributed by atoms with E-state index in [2.05, 4.69) is 34.1 Å². The third-order valence-electron chi connectivity index (χ3n) is 3.60. The van der Waals surface area contributed by atoms with E-state index in [0.717, 1.165) is 29.1 Å². The zero-order valence-electron chi connectivity index (χ0n) is 11.2. The van der Waals surface area contributed by atoms with Crippen LogP contribution in [0, 0.1) is 13.8 Å². The van der Waals surface area contributed by atoms with Crippen molar-refractivity contribution in [2.24, 2.45) is 5.73 Å². The third-order valence-corrected chi connectivity index (χ3v) is 3.60. The van der Waals surface area contributed by atoms with Crippen molar-refractivity contribution in [2.45, 2.75) is 26.9 Å². The standard InChI is InChI=1S/C15H17N3O/c1-10-14(11(2)19-17-10)9-18-7-6-12-4-3-5-13(8-16)15(12)18/h3-7H,8-9,16H2,1-2H3. The maximum Gasteiger partial charge on any atom is 0.138 e. The first kappa shape index (κ1) is 12.0. The molecule has 3 rings (SSSR count). The predicted octanol–water partition coefficient (Wildman–Crippen LogP) is 2.75. The number of nitrogens with two attached hydrogens (primary N) is 1. The van der Waals surface area contributed by atoms with Crippen molar-refractivity contribution in [3.05, 3.63) is 53.0 Å². The van der Waals surface area contributed by atoms with E-state index in [-0.39, 0.29) is 0 Å². The Labute approximate surface area is 111 Å². The van der Waals surface area contributed by atoms with Crippen LogP contribution in [0.5, 0.6) is 0 Å². The van der Waals surface area contributed by atoms with Gasteiger partial charge >= 0.3 is 0 Å². The quantitative estimate of drug-likeness (QED) is 0.783. The number of hydrogen-bond acceptors (Lipinski definition) is 3. The van der Waals surface area contributed by atoms with Crippen molar-refractivity contribution in [1.29, 1.82) is 0 Å². The molecular weight excluding hydrogens is 238 g/mol. The number of aryl methyl sites for hydroxylation is 2. The molecule has 98 valence electrons. The zero-order chi connectivity index (χ0) is 13.4. The third kappa shape index (κ3) is 1.94. The molecule has 0 saturated heterocycles. The average Bonchev–Trinajstić information content (AvgIpc) is 2.97. The lowest BCUT2D eigenvalue weighted by Crippen LogP contribution is -2.04. The summed E-state index contributed by atoms with van der Waals surface area (Å²) in [7, 11) is 0. The summed E-state index contributed by atoms with van der Waals surface area (Å²) < 4.78 is 7.44. The highest BCUT2D eigenvalue weighted by molar-refractivity contribution is 5.83. The molecule has 0 aliphatic heterocycles. The molecule has 0 unspecified atom stereocenters. The van der Waals surface area contributed by atoms with Gasteiger partial charge in [-0.15, -0.1) is 0 Å². The number of para-hydroxylation sites is 1. The fourth-order valence-electron chi connectivity index (χ4n) is 2.54. The lowest BCUT2D eigenvalue weighted by Gasteiger charge is -2.08. The number of rotatable bonds is 3. The first-order chi connectivity index (χ1) is 9.20. The van der Waals surface area contributed by atoms with Gasteiger partial charge in [-0.05, 0) is 30.9 Å². The molecule has 2 N–H and O–H groups in total. The molecule has 0 spiro atoms. The van der Waals surface area contributed by atoms with Crippen LogP contribution >= 0.6 is 0 Å². The number of benzene rings is 1. The van der Waals surface area contributed by atoms with Crippen LogP contribution in [0.15, 0.2) is 35.0 Å². The Morgan fingerprint density at radius 1 is 1.26 bits per heavy atom. The van der Waals surface area contributed by atoms with E-state index in [1.54, 1.807) is 0 Å². The second-order valence-corrected chi connectivity index (χ2v) is 4.81. The van der Waals surface area contributed by atoms with Gasteiger partial charge in [0, 0.05) is 18.3 Å². The Kier molecular flexibility index (Phi) is 2.87. The smallest absolute Gasteiger partial charge is 0.138 e. The molecule has 0 fully saturated rings. The minimum atomic E-state index is 0.545. The maximum absolute atomic E-state index is 5.83. The van der Waals surface area contributed by atoms with Crippen LogP contribution in [-0.4, -0.2) is 9.72 Å². The van der Waals surface area contributed by atoms with Crippen molar-refractivity contribution < 1.29 is 4.52 Å². The fourth-order valence-corrected chi connectivity index (χ4v) is 2.54. The van der Waals surface area contributed by atoms with Crippen LogP contribution in [0.1, 0.15) is 22.6 Å². The molecule has 0 aliphatic carbocycles. The Morgan fingerprint density at radius 2 is 2.11 bits per heavy atom. The molecule has 4 nitrogen and oxygen atoms in total. The highest BCUT2D eigenvalue weighted by Crippen LogP contribution is 2.23. The fraction of sp³-hybridized carbons (Fsp3) is 0.267. The number of aromatic nitrogens is 2. The van der Waals surface area contributed by atoms with Crippen LogP contribution in [0.2, 0.25) is 0 Å². The summed E-state index contributed by atoms with van der Waals surface area (Å²) in [6.07, 6.45) is 2.09. The van der Waals surface area contributed by atoms with Gasteiger partial charge in [-0.25, -0.2) is 0 Å². The van der Waals surface area contributed by atoms with Gasteiger partial charge in [0.2, 0.25) is 0 Å². The van der Waals surface area contributed by atoms with Crippen LogP contribution < -0.4 is 5.73 Å². The van der Waals surface area contributed by atoms with Crippen molar-refractivity contribution in [1.82, 2.24) is 9.72 Å². The van der Waals surface area contributed by atoms with Crippen LogP contribution in [0.4, 0.5) is 0 Å². The summed E-state index contributed by atoms with van der Waals surface area (Å²) in [5, 5.41) is 5.22. The summed E-state index contributed by atoms with van der Waals surface area (Å²) >= 11 is 0. The van der Waals surface area contributed by atoms with Gasteiger partial charge in [-0.1, -0.05) is 23.4 Å². The Hall–Kier alpha value is -2.07. The Morgan fingerprint density at radius 3 is 2.79 bits per heavy atom. The molecule has 0 radical (unpaired) electrons. The maximum atomic E-state index is 5.83. The van der Waals surface area contributed by atoms with Gasteiger partial charge in [0.25, 0.3) is 0 Å². The van der Waals surface area contributed by atoms with Gasteiger partial charge in [0.15, 0.2) is 0 Å². The molecule has 0 atom stereocenters. The molecule has 2 heterocycles. The van der Waals surface area contributed by atoms with Crippen molar-refractivity contribution in [3.8, 4) is 0 Å². The van der Waals surface area contributed by atoms with E-state index in [0.29, 0.717) is 6.54 Å². The second-order valence-electron chi connectivity index (χ2n) is 4.81. The van der Waals surface area contributed by atoms with Gasteiger partial charge in [0.1, 0.15) is 5.76 Å². The van der Waals surface area contributed by atoms with Crippen molar-refractivity contribution >= 4 is 10.9 Å². The molecule has 0 bridgehead atoms. The highest BCUT2D eigenvalue weighted by Gasteiger charge is 2.12. The van der Waals surface area contributed by atoms with Gasteiger partial charge in [0.05, 0.1) is 17.8 Å². The SMILES string of the molecule is Cc1noc(C)c1Cn1ccc2cccc(CN)c21. The van der Waals surface area contributed by atoms with E-state index < -0.39 is 0 Å². The van der Waals surface area contributed by atoms with E-state index in [1.165, 1.54) is 10.9 Å². The van der Waals surface area contributed by atoms with Gasteiger partial charge in [-0.3, -0.25) is 0 Å². The normalized spacial score (nSPS) is 11.3. The molecular formula is C15H17N3O. The first-order valence-electron chi connectivity index (χ1n) is 6.39. The molecule has 4 heteroatoms. The van der Waals surface area contributed by atoms with E-state index >= 15 is 0 Å². The molecule has 0 saturated carbocycles. The number of hydrogen-bond donors (Lipinski definition) is 1. The summed E-state index contributed by atoms with van der Waals surface area (Å²) in [6.45, 7) is 5.23. The Bertz CT molecular complexity index is 705. The van der Waals surface area contributed by atoms with Gasteiger partial charge in [-0.2, -0.15) is 0 Å². The van der Waals surface area contributed by atoms with Crippen LogP contribution in [0.25, 0.3) is 10.9 Å². The Balaban J connectivity index is 2.11. The molecule has 19 heavy (non-hydrogen) atoms. The molecule has 3 aromatic rings. The zero-order valence-corrected chi connectivity index (χ0v) is 11.2. The van der Waals surface area contributed by atoms with Crippen molar-refractivity contribution in [3.63, 3.8) is 0 Å². The molecule has 1 aromatic carbocycles. The molecule has 0 aliphatic rings. The first-order valence-corrected chi connectivity index (χ1v) is 6.39. The number of fused-ring (bicyclic) bond motifs is 1. The number of nitrogens with zero attached hydrogens (tertiary/aromatic N) is 2. The minimum Gasteiger partial charge on any atom is -0.361 e. The van der Waals surface area contributed by atoms with E-state index in [1.807, 2.05) is 19.9 Å². The van der Waals surface area contributed by atoms with E-state index in [4.69, 9.17) is 10.3 Å². The molecule has 2 aromatic heterocycles. The summed E-state index contributed by atoms with van der Waals surface area (Å²) in [5.74, 6) is 0.879. The van der Waals surface area contributed by atoms with Crippen LogP contribution in [-0.2, 0) is 13.1 Å². The minimum absolute atomic E-state index is 0.545. The van der Waals surface area contributed by atoms with E-state index in [9.17, 15) is 0 Å². The summed E-state index contributed by atoms with van der Waals surface area (Å²) in [4.78, 5) is 0. The molecule has 0 amide bonds.